The molecule has 2 rings (SSSR count). The van der Waals surface area contributed by atoms with E-state index in [0.717, 1.165) is 25.7 Å². The Bertz CT molecular complexity index is 379. The lowest BCUT2D eigenvalue weighted by atomic mass is 9.90. The summed E-state index contributed by atoms with van der Waals surface area (Å²) in [6.07, 6.45) is 3.99. The summed E-state index contributed by atoms with van der Waals surface area (Å²) >= 11 is 5.69. The molecule has 1 aromatic rings. The molecule has 0 spiro atoms. The van der Waals surface area contributed by atoms with Crippen LogP contribution < -0.4 is 0 Å². The molecule has 1 fully saturated rings. The first-order chi connectivity index (χ1) is 9.13. The third-order valence-corrected chi connectivity index (χ3v) is 4.04. The number of alkyl halides is 3. The molecule has 4 heteroatoms. The maximum atomic E-state index is 14.3. The highest BCUT2D eigenvalue weighted by molar-refractivity contribution is 6.17. The number of rotatable bonds is 7. The SMILES string of the molecule is FC(F)(CN(CCCCl)C1CCC1)c1ccccc1. The quantitative estimate of drug-likeness (QED) is 0.677. The Morgan fingerprint density at radius 1 is 1.21 bits per heavy atom. The second kappa shape index (κ2) is 6.67. The smallest absolute Gasteiger partial charge is 0.285 e. The van der Waals surface area contributed by atoms with Crippen molar-refractivity contribution < 1.29 is 8.78 Å². The highest BCUT2D eigenvalue weighted by Crippen LogP contribution is 2.33. The molecule has 0 aromatic heterocycles. The second-order valence-corrected chi connectivity index (χ2v) is 5.55. The Morgan fingerprint density at radius 2 is 1.89 bits per heavy atom. The maximum Gasteiger partial charge on any atom is 0.285 e. The Morgan fingerprint density at radius 3 is 2.42 bits per heavy atom. The molecule has 0 saturated heterocycles. The van der Waals surface area contributed by atoms with Crippen molar-refractivity contribution in [2.75, 3.05) is 19.0 Å². The Balaban J connectivity index is 2.02. The number of halogens is 3. The second-order valence-electron chi connectivity index (χ2n) is 5.17. The van der Waals surface area contributed by atoms with E-state index in [1.54, 1.807) is 18.2 Å². The first-order valence-electron chi connectivity index (χ1n) is 6.87. The molecule has 0 bridgehead atoms. The molecule has 0 atom stereocenters. The van der Waals surface area contributed by atoms with Crippen LogP contribution in [0.1, 0.15) is 31.2 Å². The van der Waals surface area contributed by atoms with Gasteiger partial charge in [-0.2, -0.15) is 8.78 Å². The minimum absolute atomic E-state index is 0.102. The Kier molecular flexibility index (Phi) is 5.17. The highest BCUT2D eigenvalue weighted by atomic mass is 35.5. The zero-order valence-electron chi connectivity index (χ0n) is 11.0. The van der Waals surface area contributed by atoms with Crippen molar-refractivity contribution in [2.24, 2.45) is 0 Å². The monoisotopic (exact) mass is 287 g/mol. The molecule has 1 aliphatic carbocycles. The zero-order valence-corrected chi connectivity index (χ0v) is 11.8. The number of nitrogens with zero attached hydrogens (tertiary/aromatic N) is 1. The topological polar surface area (TPSA) is 3.24 Å². The van der Waals surface area contributed by atoms with Crippen LogP contribution >= 0.6 is 11.6 Å². The van der Waals surface area contributed by atoms with E-state index in [1.165, 1.54) is 12.1 Å². The van der Waals surface area contributed by atoms with Gasteiger partial charge in [0.1, 0.15) is 0 Å². The van der Waals surface area contributed by atoms with Crippen LogP contribution in [0.15, 0.2) is 30.3 Å². The van der Waals surface area contributed by atoms with E-state index < -0.39 is 5.92 Å². The predicted molar refractivity (Wildman–Crippen MR) is 74.9 cm³/mol. The van der Waals surface area contributed by atoms with Gasteiger partial charge in [0.05, 0.1) is 6.54 Å². The van der Waals surface area contributed by atoms with Crippen molar-refractivity contribution in [1.82, 2.24) is 4.90 Å². The van der Waals surface area contributed by atoms with Crippen LogP contribution in [0.5, 0.6) is 0 Å². The molecule has 0 heterocycles. The molecule has 0 amide bonds. The van der Waals surface area contributed by atoms with Gasteiger partial charge in [0.2, 0.25) is 0 Å². The Labute approximate surface area is 118 Å². The van der Waals surface area contributed by atoms with Gasteiger partial charge in [-0.15, -0.1) is 11.6 Å². The summed E-state index contributed by atoms with van der Waals surface area (Å²) in [6.45, 7) is 0.467. The van der Waals surface area contributed by atoms with E-state index in [-0.39, 0.29) is 12.1 Å². The summed E-state index contributed by atoms with van der Waals surface area (Å²) in [4.78, 5) is 1.92. The van der Waals surface area contributed by atoms with Gasteiger partial charge in [0, 0.05) is 17.5 Å². The number of hydrogen-bond acceptors (Lipinski definition) is 1. The summed E-state index contributed by atoms with van der Waals surface area (Å²) in [5.74, 6) is -2.26. The van der Waals surface area contributed by atoms with Crippen LogP contribution in [0.25, 0.3) is 0 Å². The van der Waals surface area contributed by atoms with Gasteiger partial charge < -0.3 is 0 Å². The Hall–Kier alpha value is -0.670. The van der Waals surface area contributed by atoms with Crippen LogP contribution in [0.3, 0.4) is 0 Å². The van der Waals surface area contributed by atoms with Crippen molar-refractivity contribution in [3.63, 3.8) is 0 Å². The van der Waals surface area contributed by atoms with Gasteiger partial charge in [0.25, 0.3) is 5.92 Å². The lowest BCUT2D eigenvalue weighted by Gasteiger charge is -2.39. The van der Waals surface area contributed by atoms with Gasteiger partial charge in [-0.3, -0.25) is 4.90 Å². The molecule has 1 aliphatic rings. The summed E-state index contributed by atoms with van der Waals surface area (Å²) in [5, 5.41) is 0. The molecular weight excluding hydrogens is 268 g/mol. The summed E-state index contributed by atoms with van der Waals surface area (Å²) in [5.41, 5.74) is 0.102. The molecule has 0 N–H and O–H groups in total. The van der Waals surface area contributed by atoms with E-state index >= 15 is 0 Å². The summed E-state index contributed by atoms with van der Waals surface area (Å²) < 4.78 is 28.6. The molecule has 1 aromatic carbocycles. The number of hydrogen-bond donors (Lipinski definition) is 0. The lowest BCUT2D eigenvalue weighted by Crippen LogP contribution is -2.46. The largest absolute Gasteiger partial charge is 0.294 e. The fourth-order valence-corrected chi connectivity index (χ4v) is 2.55. The van der Waals surface area contributed by atoms with E-state index in [2.05, 4.69) is 0 Å². The lowest BCUT2D eigenvalue weighted by molar-refractivity contribution is -0.0566. The van der Waals surface area contributed by atoms with Gasteiger partial charge in [0.15, 0.2) is 0 Å². The predicted octanol–water partition coefficient (Wildman–Crippen LogP) is 4.26. The van der Waals surface area contributed by atoms with Crippen LogP contribution in [-0.4, -0.2) is 29.9 Å². The van der Waals surface area contributed by atoms with Gasteiger partial charge >= 0.3 is 0 Å². The molecule has 0 radical (unpaired) electrons. The van der Waals surface area contributed by atoms with E-state index in [4.69, 9.17) is 11.6 Å². The highest BCUT2D eigenvalue weighted by Gasteiger charge is 2.37. The van der Waals surface area contributed by atoms with E-state index in [0.29, 0.717) is 18.5 Å². The van der Waals surface area contributed by atoms with Crippen molar-refractivity contribution in [3.8, 4) is 0 Å². The molecule has 19 heavy (non-hydrogen) atoms. The van der Waals surface area contributed by atoms with Crippen molar-refractivity contribution >= 4 is 11.6 Å². The standard InChI is InChI=1S/C15H20ClF2N/c16-10-5-11-19(14-8-4-9-14)12-15(17,18)13-6-2-1-3-7-13/h1-3,6-7,14H,4-5,8-12H2. The fraction of sp³-hybridized carbons (Fsp3) is 0.600. The normalized spacial score (nSPS) is 16.6. The molecule has 0 aliphatic heterocycles. The van der Waals surface area contributed by atoms with Crippen molar-refractivity contribution in [2.45, 2.75) is 37.6 Å². The first-order valence-corrected chi connectivity index (χ1v) is 7.40. The first kappa shape index (κ1) is 14.7. The van der Waals surface area contributed by atoms with Crippen LogP contribution in [-0.2, 0) is 5.92 Å². The molecule has 1 nitrogen and oxygen atoms in total. The van der Waals surface area contributed by atoms with Crippen LogP contribution in [0.2, 0.25) is 0 Å². The van der Waals surface area contributed by atoms with Crippen molar-refractivity contribution in [3.05, 3.63) is 35.9 Å². The molecule has 106 valence electrons. The van der Waals surface area contributed by atoms with Gasteiger partial charge in [-0.1, -0.05) is 36.8 Å². The summed E-state index contributed by atoms with van der Waals surface area (Å²) in [7, 11) is 0. The average Bonchev–Trinajstić information content (AvgIpc) is 2.34. The number of benzene rings is 1. The maximum absolute atomic E-state index is 14.3. The molecular formula is C15H20ClF2N. The molecule has 0 unspecified atom stereocenters. The van der Waals surface area contributed by atoms with Crippen LogP contribution in [0, 0.1) is 0 Å². The van der Waals surface area contributed by atoms with Gasteiger partial charge in [-0.05, 0) is 25.8 Å². The van der Waals surface area contributed by atoms with Crippen molar-refractivity contribution in [1.29, 1.82) is 0 Å². The zero-order chi connectivity index (χ0) is 13.7. The average molecular weight is 288 g/mol. The third-order valence-electron chi connectivity index (χ3n) is 3.77. The van der Waals surface area contributed by atoms with E-state index in [9.17, 15) is 8.78 Å². The van der Waals surface area contributed by atoms with Crippen LogP contribution in [0.4, 0.5) is 8.78 Å². The summed E-state index contributed by atoms with van der Waals surface area (Å²) in [6, 6.07) is 8.40. The third kappa shape index (κ3) is 3.90. The van der Waals surface area contributed by atoms with Gasteiger partial charge in [-0.25, -0.2) is 0 Å². The molecule has 1 saturated carbocycles. The minimum atomic E-state index is -2.79. The fourth-order valence-electron chi connectivity index (χ4n) is 2.43. The minimum Gasteiger partial charge on any atom is -0.294 e. The van der Waals surface area contributed by atoms with E-state index in [1.807, 2.05) is 4.90 Å².